The molecule has 13 nitrogen and oxygen atoms in total. The van der Waals surface area contributed by atoms with Crippen LogP contribution in [0, 0.1) is 30.1 Å². The zero-order valence-corrected chi connectivity index (χ0v) is 41.9. The van der Waals surface area contributed by atoms with Crippen LogP contribution in [0.5, 0.6) is 5.75 Å². The van der Waals surface area contributed by atoms with Crippen molar-refractivity contribution in [1.82, 2.24) is 29.9 Å². The number of carboxylic acid groups (broad SMARTS) is 1. The molecule has 6 heterocycles. The molecule has 7 aliphatic rings. The van der Waals surface area contributed by atoms with Crippen molar-refractivity contribution in [3.63, 3.8) is 0 Å². The Morgan fingerprint density at radius 2 is 1.75 bits per heavy atom. The van der Waals surface area contributed by atoms with Crippen LogP contribution in [0.3, 0.4) is 0 Å². The Hall–Kier alpha value is -4.18. The molecule has 4 aromatic rings. The molecule has 0 radical (unpaired) electrons. The van der Waals surface area contributed by atoms with E-state index in [1.54, 1.807) is 17.6 Å². The largest absolute Gasteiger partial charge is 0.543 e. The van der Waals surface area contributed by atoms with Gasteiger partial charge in [-0.1, -0.05) is 52.0 Å². The third-order valence-corrected chi connectivity index (χ3v) is 21.9. The van der Waals surface area contributed by atoms with Crippen molar-refractivity contribution >= 4 is 58.8 Å². The van der Waals surface area contributed by atoms with E-state index in [0.717, 1.165) is 108 Å². The number of hydrogen-bond donors (Lipinski definition) is 2. The van der Waals surface area contributed by atoms with E-state index in [9.17, 15) is 9.90 Å². The molecule has 2 N–H and O–H groups in total. The van der Waals surface area contributed by atoms with Crippen LogP contribution in [-0.4, -0.2) is 99.9 Å². The average molecular weight is 920 g/mol. The number of benzene rings is 1. The van der Waals surface area contributed by atoms with Crippen molar-refractivity contribution < 1.29 is 19.1 Å². The molecule has 1 saturated heterocycles. The summed E-state index contributed by atoms with van der Waals surface area (Å²) in [5.41, 5.74) is 3.88. The second-order valence-electron chi connectivity index (χ2n) is 23.2. The zero-order valence-electron chi connectivity index (χ0n) is 40.1. The Morgan fingerprint density at radius 3 is 2.48 bits per heavy atom. The van der Waals surface area contributed by atoms with Gasteiger partial charge in [-0.3, -0.25) is 9.67 Å². The van der Waals surface area contributed by atoms with Crippen molar-refractivity contribution in [2.45, 2.75) is 155 Å². The highest BCUT2D eigenvalue weighted by Crippen LogP contribution is 2.72. The normalized spacial score (nSPS) is 31.0. The predicted molar refractivity (Wildman–Crippen MR) is 262 cm³/mol. The van der Waals surface area contributed by atoms with Crippen LogP contribution < -0.4 is 14.6 Å². The maximum atomic E-state index is 13.4. The number of ether oxygens (including phenoxy) is 1. The number of nitrogens with one attached hydrogen (secondary N) is 1. The zero-order chi connectivity index (χ0) is 45.8. The fourth-order valence-electron chi connectivity index (χ4n) is 13.9. The fraction of sp³-hybridized carbons (Fsp3) is 0.640. The lowest BCUT2D eigenvalue weighted by Crippen LogP contribution is -2.64. The summed E-state index contributed by atoms with van der Waals surface area (Å²) >= 11 is 1.57. The van der Waals surface area contributed by atoms with Gasteiger partial charge in [-0.2, -0.15) is 5.10 Å². The number of fused-ring (bicyclic) bond motifs is 2. The SMILES string of the molecule is Cc1c(Nc2nc3cc(O[Si](C)(C)C(C)(C)C)ccc3s2)nnc2c1CCCN2C1(c2cnn(CC34CC5(C)CC(C)(C3)CC(OCCN3CCCC3)(C5)C4)c2C)C=CC=NC1C(=O)O. The number of aromatic nitrogens is 5. The lowest BCUT2D eigenvalue weighted by Gasteiger charge is -2.69. The summed E-state index contributed by atoms with van der Waals surface area (Å²) in [5, 5.41) is 30.2. The summed E-state index contributed by atoms with van der Waals surface area (Å²) in [4.78, 5) is 27.8. The van der Waals surface area contributed by atoms with Gasteiger partial charge in [-0.05, 0) is 144 Å². The number of hydrogen-bond acceptors (Lipinski definition) is 12. The molecule has 15 heteroatoms. The number of anilines is 3. The molecule has 3 aliphatic heterocycles. The first-order chi connectivity index (χ1) is 30.7. The molecular weight excluding hydrogens is 851 g/mol. The number of aliphatic imine (C=N–C) groups is 1. The van der Waals surface area contributed by atoms with E-state index >= 15 is 0 Å². The van der Waals surface area contributed by atoms with Gasteiger partial charge in [0, 0.05) is 54.3 Å². The van der Waals surface area contributed by atoms with E-state index in [0.29, 0.717) is 18.2 Å². The van der Waals surface area contributed by atoms with E-state index in [4.69, 9.17) is 34.4 Å². The lowest BCUT2D eigenvalue weighted by molar-refractivity contribution is -0.248. The van der Waals surface area contributed by atoms with Crippen LogP contribution >= 0.6 is 11.3 Å². The Morgan fingerprint density at radius 1 is 1.00 bits per heavy atom. The minimum absolute atomic E-state index is 0.0354. The third-order valence-electron chi connectivity index (χ3n) is 16.6. The Kier molecular flexibility index (Phi) is 10.8. The minimum atomic E-state index is -2.01. The molecule has 4 atom stereocenters. The molecule has 5 fully saturated rings. The molecule has 0 spiro atoms. The van der Waals surface area contributed by atoms with Crippen LogP contribution in [0.15, 0.2) is 41.5 Å². The van der Waals surface area contributed by atoms with E-state index in [1.165, 1.54) is 32.4 Å². The molecular formula is C50H69N9O4SSi. The summed E-state index contributed by atoms with van der Waals surface area (Å²) in [5.74, 6) is 1.19. The highest BCUT2D eigenvalue weighted by Gasteiger charge is 2.66. The first-order valence-electron chi connectivity index (χ1n) is 24.1. The minimum Gasteiger partial charge on any atom is -0.543 e. The standard InChI is InChI=1S/C50H69N9O4SSi/c1-33-36-14-12-21-58(42(36)56-55-41(33)54-44-53-38-24-35(15-16-39(38)64-44)63-65(8,9)45(3,4)5)50(17-13-18-51-40(50)43(60)61)37-25-52-59(34(37)2)32-48-27-46(6)26-47(7,28-48)30-49(29-46,31-48)62-23-22-57-19-10-11-20-57/h13,15-18,24-25,40H,10-12,14,19-23,26-32H2,1-9H3,(H,60,61)(H,53,54,55). The predicted octanol–water partition coefficient (Wildman–Crippen LogP) is 10.0. The monoisotopic (exact) mass is 919 g/mol. The average Bonchev–Trinajstić information content (AvgIpc) is 3.97. The maximum absolute atomic E-state index is 13.4. The molecule has 3 aromatic heterocycles. The van der Waals surface area contributed by atoms with Gasteiger partial charge in [0.1, 0.15) is 11.3 Å². The number of carboxylic acids is 1. The van der Waals surface area contributed by atoms with Gasteiger partial charge in [-0.25, -0.2) is 9.78 Å². The van der Waals surface area contributed by atoms with Gasteiger partial charge in [-0.15, -0.1) is 10.2 Å². The smallest absolute Gasteiger partial charge is 0.331 e. The first kappa shape index (κ1) is 44.6. The second kappa shape index (κ2) is 15.7. The summed E-state index contributed by atoms with van der Waals surface area (Å²) in [7, 11) is -2.01. The molecule has 4 aliphatic carbocycles. The number of rotatable bonds is 13. The van der Waals surface area contributed by atoms with Crippen LogP contribution in [-0.2, 0) is 28.0 Å². The number of dihydropyridines is 1. The summed E-state index contributed by atoms with van der Waals surface area (Å²) in [6.45, 7) is 26.0. The first-order valence-corrected chi connectivity index (χ1v) is 27.8. The molecule has 11 rings (SSSR count). The van der Waals surface area contributed by atoms with E-state index in [1.807, 2.05) is 30.5 Å². The molecule has 348 valence electrons. The second-order valence-corrected chi connectivity index (χ2v) is 28.9. The molecule has 1 aromatic carbocycles. The molecule has 4 unspecified atom stereocenters. The van der Waals surface area contributed by atoms with Crippen molar-refractivity contribution in [1.29, 1.82) is 0 Å². The highest BCUT2D eigenvalue weighted by atomic mass is 32.1. The lowest BCUT2D eigenvalue weighted by atomic mass is 9.39. The van der Waals surface area contributed by atoms with Crippen LogP contribution in [0.4, 0.5) is 16.8 Å². The quantitative estimate of drug-likeness (QED) is 0.124. The molecule has 4 bridgehead atoms. The van der Waals surface area contributed by atoms with Gasteiger partial charge in [0.15, 0.2) is 22.8 Å². The Labute approximate surface area is 389 Å². The van der Waals surface area contributed by atoms with Crippen molar-refractivity contribution in [3.8, 4) is 5.75 Å². The number of allylic oxidation sites excluding steroid dienone is 1. The maximum Gasteiger partial charge on any atom is 0.331 e. The van der Waals surface area contributed by atoms with Gasteiger partial charge in [0.05, 0.1) is 28.6 Å². The van der Waals surface area contributed by atoms with Gasteiger partial charge < -0.3 is 29.4 Å². The van der Waals surface area contributed by atoms with E-state index in [-0.39, 0.29) is 26.9 Å². The number of carbonyl (C=O) groups is 1. The fourth-order valence-corrected chi connectivity index (χ4v) is 15.8. The molecule has 4 saturated carbocycles. The summed E-state index contributed by atoms with van der Waals surface area (Å²) < 4.78 is 16.9. The molecule has 65 heavy (non-hydrogen) atoms. The summed E-state index contributed by atoms with van der Waals surface area (Å²) in [6, 6.07) is 5.05. The topological polar surface area (TPSA) is 143 Å². The van der Waals surface area contributed by atoms with Crippen molar-refractivity contribution in [3.05, 3.63) is 58.9 Å². The van der Waals surface area contributed by atoms with Gasteiger partial charge in [0.2, 0.25) is 8.32 Å². The number of likely N-dealkylation sites (tertiary alicyclic amines) is 1. The molecule has 0 amide bonds. The highest BCUT2D eigenvalue weighted by molar-refractivity contribution is 7.22. The van der Waals surface area contributed by atoms with Crippen LogP contribution in [0.1, 0.15) is 115 Å². The number of thiazole rings is 1. The van der Waals surface area contributed by atoms with Gasteiger partial charge in [0.25, 0.3) is 0 Å². The van der Waals surface area contributed by atoms with E-state index in [2.05, 4.69) is 87.4 Å². The number of nitrogens with zero attached hydrogens (tertiary/aromatic N) is 8. The van der Waals surface area contributed by atoms with E-state index < -0.39 is 25.9 Å². The third kappa shape index (κ3) is 7.83. The van der Waals surface area contributed by atoms with Crippen LogP contribution in [0.25, 0.3) is 10.2 Å². The van der Waals surface area contributed by atoms with Crippen molar-refractivity contribution in [2.24, 2.45) is 21.2 Å². The van der Waals surface area contributed by atoms with Crippen LogP contribution in [0.2, 0.25) is 18.1 Å². The Balaban J connectivity index is 0.949. The number of aliphatic carboxylic acids is 1. The summed E-state index contributed by atoms with van der Waals surface area (Å²) in [6.07, 6.45) is 18.5. The van der Waals surface area contributed by atoms with Crippen molar-refractivity contribution in [2.75, 3.05) is 43.0 Å². The Bertz CT molecular complexity index is 2560. The van der Waals surface area contributed by atoms with Gasteiger partial charge >= 0.3 is 5.97 Å².